The van der Waals surface area contributed by atoms with Gasteiger partial charge in [0.2, 0.25) is 0 Å². The van der Waals surface area contributed by atoms with Gasteiger partial charge in [0.1, 0.15) is 30.7 Å². The van der Waals surface area contributed by atoms with Crippen molar-refractivity contribution in [2.75, 3.05) is 54.9 Å². The summed E-state index contributed by atoms with van der Waals surface area (Å²) in [5.41, 5.74) is 14.2. The molecule has 10 aromatic rings. The second-order valence-electron chi connectivity index (χ2n) is 25.2. The molecule has 9 aromatic carbocycles. The first-order chi connectivity index (χ1) is 55.3. The third-order valence-corrected chi connectivity index (χ3v) is 18.0. The first-order valence-corrected chi connectivity index (χ1v) is 37.1. The fraction of sp³-hybridized carbons (Fsp3) is 0.193. The van der Waals surface area contributed by atoms with E-state index in [4.69, 9.17) is 20.1 Å². The highest BCUT2D eigenvalue weighted by Gasteiger charge is 2.21. The number of hydrogen-bond donors (Lipinski definition) is 10. The highest BCUT2D eigenvalue weighted by atomic mass is 79.9. The lowest BCUT2D eigenvalue weighted by atomic mass is 9.93. The summed E-state index contributed by atoms with van der Waals surface area (Å²) in [5.74, 6) is -3.30. The van der Waals surface area contributed by atoms with Crippen molar-refractivity contribution in [3.63, 3.8) is 0 Å². The van der Waals surface area contributed by atoms with E-state index in [-0.39, 0.29) is 23.0 Å². The Morgan fingerprint density at radius 3 is 1.11 bits per heavy atom. The first kappa shape index (κ1) is 94.5. The van der Waals surface area contributed by atoms with Crippen LogP contribution in [0, 0.1) is 61.7 Å². The van der Waals surface area contributed by atoms with Crippen LogP contribution in [-0.4, -0.2) is 148 Å². The van der Waals surface area contributed by atoms with E-state index in [0.717, 1.165) is 38.0 Å². The van der Waals surface area contributed by atoms with E-state index >= 15 is 0 Å². The highest BCUT2D eigenvalue weighted by molar-refractivity contribution is 9.11. The van der Waals surface area contributed by atoms with Crippen LogP contribution in [-0.2, 0) is 25.5 Å². The number of halogens is 3. The van der Waals surface area contributed by atoms with Crippen LogP contribution in [0.1, 0.15) is 169 Å². The van der Waals surface area contributed by atoms with Gasteiger partial charge in [-0.15, -0.1) is 0 Å². The quantitative estimate of drug-likeness (QED) is 0.0181. The average molecular weight is 1770 g/mol. The molecular weight excluding hydrogens is 1690 g/mol. The average Bonchev–Trinajstić information content (AvgIpc) is 0.807. The minimum Gasteiger partial charge on any atom is -0.478 e. The fourth-order valence-electron chi connectivity index (χ4n) is 10.7. The number of nitriles is 3. The number of aryl methyl sites for hydroxylation is 4. The Labute approximate surface area is 694 Å². The van der Waals surface area contributed by atoms with Crippen molar-refractivity contribution in [2.45, 2.75) is 58.7 Å². The number of amides is 1. The fourth-order valence-corrected chi connectivity index (χ4v) is 12.3. The Morgan fingerprint density at radius 2 is 0.767 bits per heavy atom. The van der Waals surface area contributed by atoms with Crippen molar-refractivity contribution in [3.05, 3.63) is 314 Å². The van der Waals surface area contributed by atoms with Gasteiger partial charge in [-0.05, 0) is 245 Å². The van der Waals surface area contributed by atoms with E-state index in [0.29, 0.717) is 122 Å². The molecule has 0 aliphatic heterocycles. The van der Waals surface area contributed by atoms with E-state index in [9.17, 15) is 80.0 Å². The predicted molar refractivity (Wildman–Crippen MR) is 443 cm³/mol. The normalized spacial score (nSPS) is 11.2. The maximum Gasteiger partial charge on any atom is 0.337 e. The molecule has 0 radical (unpaired) electrons. The van der Waals surface area contributed by atoms with Crippen LogP contribution >= 0.6 is 47.8 Å². The number of aldehydes is 1. The van der Waals surface area contributed by atoms with Crippen molar-refractivity contribution in [2.24, 2.45) is 0 Å². The number of esters is 4. The van der Waals surface area contributed by atoms with Gasteiger partial charge in [-0.3, -0.25) is 14.6 Å². The Morgan fingerprint density at radius 1 is 0.440 bits per heavy atom. The highest BCUT2D eigenvalue weighted by Crippen LogP contribution is 2.33. The standard InChI is InChI=1S/C24H23N3O3.C18H17NO4.C17H15NO4.C10H11BrO4.C10H9BrO2.C9H7BrO3/c1-15-3-6-22(21(7-15)11-25)18-8-19(23(29)14-28)10-20(9-18)24(30)27-13-17-5-4-16(2)26-12-17;1-11-3-4-16(15(5-11)9-19)12-6-13(17(21)10-20)8-14(7-12)18(22)23-2;1-10-2-3-15(14(4-10)8-18)11-5-12(16(20)9-19)7-13(6-11)17(21)22;1-15-10(14)7-2-6(9(13)5-12)3-8(11)4-7;1-3-7-4-8(10(12)13-2)6-9(11)5-7;1-13-9(12)7-2-6(5-11)3-8(10)4-7/h3-10,12,23,28-29H,13-14H2,1-2H3,(H,27,30);3-8,17,20-21H,10H2,1-2H3;2-7,16,19-20H,9H2,1H3,(H,21,22);2-4,9,12-13H,5H2,1H3;3-6H,1H2,2H3;2-5H,1H3. The van der Waals surface area contributed by atoms with Gasteiger partial charge in [-0.25, -0.2) is 24.0 Å². The van der Waals surface area contributed by atoms with Crippen molar-refractivity contribution < 1.29 is 98.5 Å². The predicted octanol–water partition coefficient (Wildman–Crippen LogP) is 14.0. The SMILES string of the molecule is C=Cc1cc(Br)cc(C(=O)OC)c1.COC(=O)c1cc(-c2ccc(C)cc2C#N)cc(C(O)CO)c1.COC(=O)c1cc(Br)cc(C(O)CO)c1.COC(=O)c1cc(Br)cc(C=O)c1.Cc1ccc(-c2cc(C(=O)NCc3ccc(C)nc3)cc(C(O)CO)c2)c(C#N)c1.Cc1ccc(-c2cc(C(=O)O)cc(C(O)CO)c2)c(C#N)c1. The van der Waals surface area contributed by atoms with Crippen LogP contribution in [0.4, 0.5) is 0 Å². The Bertz CT molecular complexity index is 5260. The molecule has 0 saturated carbocycles. The number of carbonyl (C=O) groups is 7. The number of rotatable bonds is 21. The molecule has 0 aliphatic rings. The van der Waals surface area contributed by atoms with Crippen molar-refractivity contribution in [3.8, 4) is 51.6 Å². The zero-order valence-corrected chi connectivity index (χ0v) is 68.7. The molecule has 0 bridgehead atoms. The minimum atomic E-state index is -1.17. The summed E-state index contributed by atoms with van der Waals surface area (Å²) in [6.45, 7) is 9.62. The molecule has 600 valence electrons. The molecule has 10 rings (SSSR count). The number of methoxy groups -OCH3 is 4. The third kappa shape index (κ3) is 28.2. The maximum atomic E-state index is 12.8. The van der Waals surface area contributed by atoms with Crippen molar-refractivity contribution in [1.29, 1.82) is 15.8 Å². The molecule has 0 fully saturated rings. The van der Waals surface area contributed by atoms with E-state index in [2.05, 4.69) is 97.1 Å². The van der Waals surface area contributed by atoms with Gasteiger partial charge in [-0.1, -0.05) is 103 Å². The topological polar surface area (TPSA) is 435 Å². The number of carboxylic acid groups (broad SMARTS) is 1. The number of aliphatic hydroxyl groups is 8. The molecule has 1 amide bonds. The molecule has 116 heavy (non-hydrogen) atoms. The number of aliphatic hydroxyl groups excluding tert-OH is 8. The monoisotopic (exact) mass is 1770 g/mol. The van der Waals surface area contributed by atoms with Crippen LogP contribution < -0.4 is 5.32 Å². The molecule has 4 atom stereocenters. The molecule has 1 heterocycles. The summed E-state index contributed by atoms with van der Waals surface area (Å²) < 4.78 is 20.6. The molecule has 0 aliphatic carbocycles. The van der Waals surface area contributed by atoms with Crippen LogP contribution in [0.2, 0.25) is 0 Å². The van der Waals surface area contributed by atoms with Gasteiger partial charge in [0, 0.05) is 43.0 Å². The summed E-state index contributed by atoms with van der Waals surface area (Å²) in [7, 11) is 5.20. The second kappa shape index (κ2) is 47.0. The molecule has 1 aromatic heterocycles. The maximum absolute atomic E-state index is 12.8. The number of aromatic carboxylic acids is 1. The van der Waals surface area contributed by atoms with Gasteiger partial charge >= 0.3 is 29.8 Å². The molecule has 4 unspecified atom stereocenters. The van der Waals surface area contributed by atoms with Crippen LogP contribution in [0.5, 0.6) is 0 Å². The second-order valence-corrected chi connectivity index (χ2v) is 28.0. The summed E-state index contributed by atoms with van der Waals surface area (Å²) in [6.07, 6.45) is -0.351. The lowest BCUT2D eigenvalue weighted by Gasteiger charge is -2.14. The van der Waals surface area contributed by atoms with Crippen LogP contribution in [0.15, 0.2) is 202 Å². The first-order valence-electron chi connectivity index (χ1n) is 34.7. The molecule has 25 nitrogen and oxygen atoms in total. The van der Waals surface area contributed by atoms with Gasteiger partial charge < -0.3 is 70.2 Å². The van der Waals surface area contributed by atoms with Crippen LogP contribution in [0.3, 0.4) is 0 Å². The number of aromatic nitrogens is 1. The zero-order chi connectivity index (χ0) is 86.0. The Kier molecular flexibility index (Phi) is 38.3. The molecule has 10 N–H and O–H groups in total. The van der Waals surface area contributed by atoms with E-state index < -0.39 is 74.7 Å². The van der Waals surface area contributed by atoms with E-state index in [1.54, 1.807) is 115 Å². The smallest absolute Gasteiger partial charge is 0.337 e. The number of ether oxygens (including phenoxy) is 4. The number of hydrogen-bond acceptors (Lipinski definition) is 23. The number of nitrogens with one attached hydrogen (secondary N) is 1. The third-order valence-electron chi connectivity index (χ3n) is 16.7. The Hall–Kier alpha value is -12.1. The number of carboxylic acids is 1. The van der Waals surface area contributed by atoms with Crippen LogP contribution in [0.25, 0.3) is 39.5 Å². The van der Waals surface area contributed by atoms with Crippen molar-refractivity contribution in [1.82, 2.24) is 10.3 Å². The number of carbonyl (C=O) groups excluding carboxylic acids is 6. The summed E-state index contributed by atoms with van der Waals surface area (Å²) in [4.78, 5) is 84.0. The zero-order valence-electron chi connectivity index (χ0n) is 64.0. The minimum absolute atomic E-state index is 0.00975. The van der Waals surface area contributed by atoms with Crippen molar-refractivity contribution >= 4 is 95.9 Å². The lowest BCUT2D eigenvalue weighted by molar-refractivity contribution is 0.0590. The molecule has 0 saturated heterocycles. The molecular formula is C88H82Br3N5O20. The summed E-state index contributed by atoms with van der Waals surface area (Å²) in [5, 5.41) is 116. The number of benzene rings is 9. The summed E-state index contributed by atoms with van der Waals surface area (Å²) in [6, 6.07) is 55.0. The molecule has 28 heteroatoms. The molecule has 0 spiro atoms. The summed E-state index contributed by atoms with van der Waals surface area (Å²) >= 11 is 9.69. The van der Waals surface area contributed by atoms with Gasteiger partial charge in [0.05, 0.1) is 118 Å². The number of pyridine rings is 1. The van der Waals surface area contributed by atoms with Gasteiger partial charge in [-0.2, -0.15) is 15.8 Å². The van der Waals surface area contributed by atoms with Gasteiger partial charge in [0.15, 0.2) is 0 Å². The van der Waals surface area contributed by atoms with Gasteiger partial charge in [0.25, 0.3) is 5.91 Å². The largest absolute Gasteiger partial charge is 0.478 e. The van der Waals surface area contributed by atoms with E-state index in [1.165, 1.54) is 58.8 Å². The lowest BCUT2D eigenvalue weighted by Crippen LogP contribution is -2.23. The van der Waals surface area contributed by atoms with E-state index in [1.807, 2.05) is 70.2 Å². The number of nitrogens with zero attached hydrogens (tertiary/aromatic N) is 4. The Balaban J connectivity index is 0.000000255.